The second kappa shape index (κ2) is 7.18. The molecule has 2 aromatic rings. The summed E-state index contributed by atoms with van der Waals surface area (Å²) in [6.45, 7) is 1.74. The van der Waals surface area contributed by atoms with Gasteiger partial charge in [-0.1, -0.05) is 19.1 Å². The highest BCUT2D eigenvalue weighted by Crippen LogP contribution is 2.31. The first kappa shape index (κ1) is 17.5. The number of nitriles is 1. The van der Waals surface area contributed by atoms with E-state index < -0.39 is 17.7 Å². The van der Waals surface area contributed by atoms with E-state index in [1.165, 1.54) is 18.2 Å². The van der Waals surface area contributed by atoms with Crippen molar-refractivity contribution in [1.82, 2.24) is 0 Å². The molecule has 0 radical (unpaired) electrons. The van der Waals surface area contributed by atoms with Crippen molar-refractivity contribution >= 4 is 5.78 Å². The molecule has 2 aromatic carbocycles. The maximum absolute atomic E-state index is 12.5. The monoisotopic (exact) mass is 333 g/mol. The van der Waals surface area contributed by atoms with E-state index >= 15 is 0 Å². The molecule has 0 aromatic heterocycles. The van der Waals surface area contributed by atoms with Gasteiger partial charge in [0.05, 0.1) is 11.6 Å². The summed E-state index contributed by atoms with van der Waals surface area (Å²) in [4.78, 5) is 12.2. The molecule has 0 aliphatic carbocycles. The maximum Gasteiger partial charge on any atom is 0.416 e. The van der Waals surface area contributed by atoms with Crippen molar-refractivity contribution in [3.8, 4) is 17.6 Å². The second-order valence-corrected chi connectivity index (χ2v) is 5.11. The Balaban J connectivity index is 2.18. The Kier molecular flexibility index (Phi) is 5.24. The number of hydrogen-bond acceptors (Lipinski definition) is 3. The van der Waals surface area contributed by atoms with E-state index in [1.54, 1.807) is 25.1 Å². The lowest BCUT2D eigenvalue weighted by molar-refractivity contribution is -0.137. The van der Waals surface area contributed by atoms with E-state index in [2.05, 4.69) is 0 Å². The fraction of sp³-hybridized carbons (Fsp3) is 0.222. The first-order chi connectivity index (χ1) is 11.3. The number of carbonyl (C=O) groups excluding carboxylic acids is 1. The molecule has 0 bridgehead atoms. The normalized spacial score (nSPS) is 12.3. The quantitative estimate of drug-likeness (QED) is 0.704. The van der Waals surface area contributed by atoms with Crippen LogP contribution in [0.25, 0.3) is 0 Å². The number of hydrogen-bond donors (Lipinski definition) is 0. The van der Waals surface area contributed by atoms with Crippen molar-refractivity contribution in [3.63, 3.8) is 0 Å². The molecule has 0 saturated heterocycles. The SMILES string of the molecule is CCC(C#N)C(=O)c1cccc(Oc2ccc(C(F)(F)F)cc2)c1. The molecular formula is C18H14F3NO2. The van der Waals surface area contributed by atoms with Crippen LogP contribution >= 0.6 is 0 Å². The van der Waals surface area contributed by atoms with E-state index in [4.69, 9.17) is 10.00 Å². The van der Waals surface area contributed by atoms with Gasteiger partial charge in [-0.2, -0.15) is 18.4 Å². The first-order valence-corrected chi connectivity index (χ1v) is 7.24. The highest BCUT2D eigenvalue weighted by atomic mass is 19.4. The predicted octanol–water partition coefficient (Wildman–Crippen LogP) is 5.23. The molecule has 3 nitrogen and oxygen atoms in total. The van der Waals surface area contributed by atoms with Crippen LogP contribution < -0.4 is 4.74 Å². The summed E-state index contributed by atoms with van der Waals surface area (Å²) in [5, 5.41) is 8.96. The Hall–Kier alpha value is -2.81. The zero-order valence-corrected chi connectivity index (χ0v) is 12.8. The van der Waals surface area contributed by atoms with Crippen LogP contribution in [0, 0.1) is 17.2 Å². The van der Waals surface area contributed by atoms with Crippen molar-refractivity contribution in [3.05, 3.63) is 59.7 Å². The molecule has 0 heterocycles. The van der Waals surface area contributed by atoms with E-state index in [-0.39, 0.29) is 11.5 Å². The lowest BCUT2D eigenvalue weighted by Gasteiger charge is -2.10. The molecule has 0 fully saturated rings. The Morgan fingerprint density at radius 3 is 2.38 bits per heavy atom. The zero-order chi connectivity index (χ0) is 17.7. The summed E-state index contributed by atoms with van der Waals surface area (Å²) < 4.78 is 43.1. The summed E-state index contributed by atoms with van der Waals surface area (Å²) in [6.07, 6.45) is -4.00. The topological polar surface area (TPSA) is 50.1 Å². The van der Waals surface area contributed by atoms with Crippen molar-refractivity contribution < 1.29 is 22.7 Å². The summed E-state index contributed by atoms with van der Waals surface area (Å²) in [5.74, 6) is -0.502. The van der Waals surface area contributed by atoms with Crippen molar-refractivity contribution in [2.75, 3.05) is 0 Å². The van der Waals surface area contributed by atoms with Gasteiger partial charge in [-0.05, 0) is 42.8 Å². The van der Waals surface area contributed by atoms with Gasteiger partial charge in [0.2, 0.25) is 0 Å². The van der Waals surface area contributed by atoms with E-state index in [0.717, 1.165) is 12.1 Å². The zero-order valence-electron chi connectivity index (χ0n) is 12.8. The van der Waals surface area contributed by atoms with Crippen LogP contribution in [0.4, 0.5) is 13.2 Å². The first-order valence-electron chi connectivity index (χ1n) is 7.24. The van der Waals surface area contributed by atoms with E-state index in [1.807, 2.05) is 6.07 Å². The molecule has 0 spiro atoms. The number of Topliss-reactive ketones (excluding diaryl/α,β-unsaturated/α-hetero) is 1. The fourth-order valence-electron chi connectivity index (χ4n) is 2.10. The molecule has 0 amide bonds. The predicted molar refractivity (Wildman–Crippen MR) is 81.7 cm³/mol. The highest BCUT2D eigenvalue weighted by molar-refractivity contribution is 5.99. The third kappa shape index (κ3) is 4.13. The van der Waals surface area contributed by atoms with Crippen LogP contribution in [0.15, 0.2) is 48.5 Å². The summed E-state index contributed by atoms with van der Waals surface area (Å²) >= 11 is 0. The van der Waals surface area contributed by atoms with Gasteiger partial charge in [0.15, 0.2) is 5.78 Å². The third-order valence-electron chi connectivity index (χ3n) is 3.42. The fourth-order valence-corrected chi connectivity index (χ4v) is 2.10. The number of rotatable bonds is 5. The molecule has 6 heteroatoms. The molecule has 1 atom stereocenters. The Labute approximate surface area is 137 Å². The highest BCUT2D eigenvalue weighted by Gasteiger charge is 2.30. The minimum atomic E-state index is -4.41. The lowest BCUT2D eigenvalue weighted by atomic mass is 9.96. The number of alkyl halides is 3. The van der Waals surface area contributed by atoms with Crippen molar-refractivity contribution in [1.29, 1.82) is 5.26 Å². The molecule has 24 heavy (non-hydrogen) atoms. The molecule has 0 aliphatic rings. The van der Waals surface area contributed by atoms with Crippen molar-refractivity contribution in [2.45, 2.75) is 19.5 Å². The van der Waals surface area contributed by atoms with Gasteiger partial charge in [-0.15, -0.1) is 0 Å². The minimum Gasteiger partial charge on any atom is -0.457 e. The number of carbonyl (C=O) groups is 1. The molecule has 2 rings (SSSR count). The summed E-state index contributed by atoms with van der Waals surface area (Å²) in [7, 11) is 0. The molecular weight excluding hydrogens is 319 g/mol. The molecule has 0 N–H and O–H groups in total. The standard InChI is InChI=1S/C18H14F3NO2/c1-2-12(11-22)17(23)13-4-3-5-16(10-13)24-15-8-6-14(7-9-15)18(19,20)21/h3-10,12H,2H2,1H3. The van der Waals surface area contributed by atoms with Gasteiger partial charge in [0.25, 0.3) is 0 Å². The van der Waals surface area contributed by atoms with E-state index in [9.17, 15) is 18.0 Å². The minimum absolute atomic E-state index is 0.222. The van der Waals surface area contributed by atoms with Gasteiger partial charge in [0, 0.05) is 5.56 Å². The van der Waals surface area contributed by atoms with Crippen molar-refractivity contribution in [2.24, 2.45) is 5.92 Å². The van der Waals surface area contributed by atoms with Crippen LogP contribution in [0.2, 0.25) is 0 Å². The molecule has 0 saturated carbocycles. The molecule has 0 aliphatic heterocycles. The maximum atomic E-state index is 12.5. The smallest absolute Gasteiger partial charge is 0.416 e. The van der Waals surface area contributed by atoms with Gasteiger partial charge >= 0.3 is 6.18 Å². The van der Waals surface area contributed by atoms with Crippen LogP contribution in [0.3, 0.4) is 0 Å². The third-order valence-corrected chi connectivity index (χ3v) is 3.42. The van der Waals surface area contributed by atoms with Gasteiger partial charge < -0.3 is 4.74 Å². The summed E-state index contributed by atoms with van der Waals surface area (Å²) in [6, 6.07) is 12.4. The van der Waals surface area contributed by atoms with Gasteiger partial charge in [0.1, 0.15) is 17.4 Å². The van der Waals surface area contributed by atoms with Crippen LogP contribution in [-0.2, 0) is 6.18 Å². The van der Waals surface area contributed by atoms with Crippen LogP contribution in [0.5, 0.6) is 11.5 Å². The average molecular weight is 333 g/mol. The number of halogens is 3. The van der Waals surface area contributed by atoms with Gasteiger partial charge in [-0.3, -0.25) is 4.79 Å². The molecule has 1 unspecified atom stereocenters. The van der Waals surface area contributed by atoms with E-state index in [0.29, 0.717) is 17.7 Å². The lowest BCUT2D eigenvalue weighted by Crippen LogP contribution is -2.11. The Bertz CT molecular complexity index is 761. The number of nitrogens with zero attached hydrogens (tertiary/aromatic N) is 1. The Morgan fingerprint density at radius 1 is 1.17 bits per heavy atom. The van der Waals surface area contributed by atoms with Crippen LogP contribution in [0.1, 0.15) is 29.3 Å². The number of benzene rings is 2. The van der Waals surface area contributed by atoms with Crippen LogP contribution in [-0.4, -0.2) is 5.78 Å². The number of ketones is 1. The second-order valence-electron chi connectivity index (χ2n) is 5.11. The van der Waals surface area contributed by atoms with Gasteiger partial charge in [-0.25, -0.2) is 0 Å². The largest absolute Gasteiger partial charge is 0.457 e. The average Bonchev–Trinajstić information content (AvgIpc) is 2.56. The Morgan fingerprint density at radius 2 is 1.83 bits per heavy atom. The number of ether oxygens (including phenoxy) is 1. The molecule has 124 valence electrons. The summed E-state index contributed by atoms with van der Waals surface area (Å²) in [5.41, 5.74) is -0.439.